The van der Waals surface area contributed by atoms with Crippen molar-refractivity contribution in [2.45, 2.75) is 12.8 Å². The molecule has 0 spiro atoms. The molecule has 7 nitrogen and oxygen atoms in total. The van der Waals surface area contributed by atoms with E-state index in [0.29, 0.717) is 13.0 Å². The molecule has 14 heavy (non-hydrogen) atoms. The number of ether oxygens (including phenoxy) is 2. The summed E-state index contributed by atoms with van der Waals surface area (Å²) in [7, 11) is 1.57. The molecule has 0 saturated heterocycles. The van der Waals surface area contributed by atoms with E-state index in [1.54, 1.807) is 7.11 Å². The quantitative estimate of drug-likeness (QED) is 0.314. The number of methoxy groups -OCH3 is 1. The van der Waals surface area contributed by atoms with Crippen molar-refractivity contribution < 1.29 is 33.9 Å². The Hall–Kier alpha value is -1.50. The fraction of sp³-hybridized carbons (Fsp3) is 0.714. The zero-order chi connectivity index (χ0) is 10.8. The molecular weight excluding hydrogens is 196 g/mol. The molecule has 0 aliphatic carbocycles. The molecular formula is C7H12O7. The number of carbonyl (C=O) groups is 2. The summed E-state index contributed by atoms with van der Waals surface area (Å²) in [4.78, 5) is 27.5. The van der Waals surface area contributed by atoms with Crippen LogP contribution in [0.25, 0.3) is 0 Å². The Morgan fingerprint density at radius 1 is 1.14 bits per heavy atom. The summed E-state index contributed by atoms with van der Waals surface area (Å²) in [5.41, 5.74) is 0. The monoisotopic (exact) mass is 208 g/mol. The highest BCUT2D eigenvalue weighted by Crippen LogP contribution is 1.93. The Kier molecular flexibility index (Phi) is 7.24. The third-order valence-corrected chi connectivity index (χ3v) is 1.14. The van der Waals surface area contributed by atoms with Gasteiger partial charge in [-0.25, -0.2) is 9.68 Å². The second-order valence-corrected chi connectivity index (χ2v) is 2.23. The van der Waals surface area contributed by atoms with E-state index in [-0.39, 0.29) is 6.61 Å². The topological polar surface area (TPSA) is 91.3 Å². The van der Waals surface area contributed by atoms with Crippen molar-refractivity contribution in [1.29, 1.82) is 0 Å². The van der Waals surface area contributed by atoms with E-state index >= 15 is 0 Å². The minimum atomic E-state index is -1.71. The predicted molar refractivity (Wildman–Crippen MR) is 42.7 cm³/mol. The summed E-state index contributed by atoms with van der Waals surface area (Å²) in [5, 5.41) is 7.93. The smallest absolute Gasteiger partial charge is 0.447 e. The highest BCUT2D eigenvalue weighted by Gasteiger charge is 2.08. The summed E-state index contributed by atoms with van der Waals surface area (Å²) < 4.78 is 9.19. The van der Waals surface area contributed by atoms with Crippen LogP contribution in [0.1, 0.15) is 12.8 Å². The molecule has 82 valence electrons. The van der Waals surface area contributed by atoms with Gasteiger partial charge in [0.15, 0.2) is 0 Å². The van der Waals surface area contributed by atoms with Crippen LogP contribution in [0.4, 0.5) is 9.59 Å². The number of rotatable bonds is 5. The predicted octanol–water partition coefficient (Wildman–Crippen LogP) is 1.18. The summed E-state index contributed by atoms with van der Waals surface area (Å²) in [5.74, 6) is 0. The average molecular weight is 208 g/mol. The Balaban J connectivity index is 3.22. The van der Waals surface area contributed by atoms with Gasteiger partial charge in [0, 0.05) is 13.7 Å². The van der Waals surface area contributed by atoms with Gasteiger partial charge in [-0.15, -0.1) is 0 Å². The molecule has 0 aromatic rings. The van der Waals surface area contributed by atoms with Crippen molar-refractivity contribution in [2.75, 3.05) is 20.3 Å². The van der Waals surface area contributed by atoms with Crippen LogP contribution in [0.15, 0.2) is 0 Å². The number of carbonyl (C=O) groups excluding carboxylic acids is 1. The number of carboxylic acid groups (broad SMARTS) is 1. The first-order valence-electron chi connectivity index (χ1n) is 3.90. The molecule has 0 bridgehead atoms. The molecule has 0 aliphatic heterocycles. The molecule has 0 aromatic carbocycles. The molecule has 7 heteroatoms. The molecule has 0 atom stereocenters. The zero-order valence-corrected chi connectivity index (χ0v) is 7.73. The first kappa shape index (κ1) is 12.5. The van der Waals surface area contributed by atoms with Gasteiger partial charge in [-0.3, -0.25) is 0 Å². The second-order valence-electron chi connectivity index (χ2n) is 2.23. The van der Waals surface area contributed by atoms with E-state index in [1.165, 1.54) is 0 Å². The molecule has 0 aliphatic rings. The van der Waals surface area contributed by atoms with Crippen molar-refractivity contribution in [3.63, 3.8) is 0 Å². The van der Waals surface area contributed by atoms with E-state index in [9.17, 15) is 9.59 Å². The fourth-order valence-electron chi connectivity index (χ4n) is 0.598. The maximum atomic E-state index is 10.5. The lowest BCUT2D eigenvalue weighted by molar-refractivity contribution is -0.213. The Bertz CT molecular complexity index is 179. The summed E-state index contributed by atoms with van der Waals surface area (Å²) in [6.45, 7) is 0.704. The highest BCUT2D eigenvalue weighted by atomic mass is 17.3. The zero-order valence-electron chi connectivity index (χ0n) is 7.73. The molecule has 0 radical (unpaired) electrons. The SMILES string of the molecule is COCCCCOC(=O)OOC(=O)O. The number of hydrogen-bond acceptors (Lipinski definition) is 6. The van der Waals surface area contributed by atoms with E-state index in [0.717, 1.165) is 6.42 Å². The van der Waals surface area contributed by atoms with Gasteiger partial charge < -0.3 is 14.6 Å². The maximum Gasteiger partial charge on any atom is 0.549 e. The van der Waals surface area contributed by atoms with Crippen LogP contribution in [-0.2, 0) is 19.2 Å². The summed E-state index contributed by atoms with van der Waals surface area (Å²) in [6.07, 6.45) is -1.54. The standard InChI is InChI=1S/C7H12O7/c1-11-4-2-3-5-12-7(10)14-13-6(8)9/h2-5H2,1H3,(H,8,9). The van der Waals surface area contributed by atoms with Crippen molar-refractivity contribution in [1.82, 2.24) is 0 Å². The molecule has 1 N–H and O–H groups in total. The van der Waals surface area contributed by atoms with Crippen LogP contribution in [-0.4, -0.2) is 37.7 Å². The molecule has 0 heterocycles. The van der Waals surface area contributed by atoms with E-state index in [2.05, 4.69) is 14.5 Å². The Morgan fingerprint density at radius 3 is 2.36 bits per heavy atom. The van der Waals surface area contributed by atoms with Crippen molar-refractivity contribution in [3.05, 3.63) is 0 Å². The Labute approximate surface area is 80.4 Å². The van der Waals surface area contributed by atoms with E-state index in [4.69, 9.17) is 9.84 Å². The summed E-state index contributed by atoms with van der Waals surface area (Å²) in [6, 6.07) is 0. The van der Waals surface area contributed by atoms with Crippen LogP contribution in [0.2, 0.25) is 0 Å². The first-order chi connectivity index (χ1) is 6.66. The molecule has 0 rings (SSSR count). The highest BCUT2D eigenvalue weighted by molar-refractivity contribution is 5.62. The molecule has 0 unspecified atom stereocenters. The fourth-order valence-corrected chi connectivity index (χ4v) is 0.598. The lowest BCUT2D eigenvalue weighted by Gasteiger charge is -2.02. The van der Waals surface area contributed by atoms with Crippen LogP contribution in [0, 0.1) is 0 Å². The normalized spacial score (nSPS) is 9.21. The third kappa shape index (κ3) is 8.60. The van der Waals surface area contributed by atoms with Crippen LogP contribution in [0.3, 0.4) is 0 Å². The largest absolute Gasteiger partial charge is 0.549 e. The minimum Gasteiger partial charge on any atom is -0.447 e. The van der Waals surface area contributed by atoms with Crippen molar-refractivity contribution in [3.8, 4) is 0 Å². The van der Waals surface area contributed by atoms with E-state index in [1.807, 2.05) is 0 Å². The lowest BCUT2D eigenvalue weighted by Crippen LogP contribution is -2.12. The van der Waals surface area contributed by atoms with Crippen molar-refractivity contribution in [2.24, 2.45) is 0 Å². The van der Waals surface area contributed by atoms with Gasteiger partial charge in [-0.2, -0.15) is 9.68 Å². The van der Waals surface area contributed by atoms with E-state index < -0.39 is 12.3 Å². The lowest BCUT2D eigenvalue weighted by atomic mass is 10.3. The maximum absolute atomic E-state index is 10.5. The minimum absolute atomic E-state index is 0.130. The average Bonchev–Trinajstić information content (AvgIpc) is 2.14. The molecule has 0 aromatic heterocycles. The van der Waals surface area contributed by atoms with Crippen LogP contribution in [0.5, 0.6) is 0 Å². The molecule has 0 fully saturated rings. The van der Waals surface area contributed by atoms with Crippen molar-refractivity contribution >= 4 is 12.3 Å². The van der Waals surface area contributed by atoms with Crippen LogP contribution < -0.4 is 0 Å². The van der Waals surface area contributed by atoms with Crippen LogP contribution >= 0.6 is 0 Å². The second kappa shape index (κ2) is 8.11. The van der Waals surface area contributed by atoms with Gasteiger partial charge >= 0.3 is 12.3 Å². The Morgan fingerprint density at radius 2 is 1.79 bits per heavy atom. The summed E-state index contributed by atoms with van der Waals surface area (Å²) >= 11 is 0. The molecule has 0 amide bonds. The third-order valence-electron chi connectivity index (χ3n) is 1.14. The first-order valence-corrected chi connectivity index (χ1v) is 3.90. The van der Waals surface area contributed by atoms with Gasteiger partial charge in [0.05, 0.1) is 6.61 Å². The number of hydrogen-bond donors (Lipinski definition) is 1. The molecule has 0 saturated carbocycles. The van der Waals surface area contributed by atoms with Gasteiger partial charge in [-0.1, -0.05) is 0 Å². The van der Waals surface area contributed by atoms with Gasteiger partial charge in [0.1, 0.15) is 0 Å². The number of unbranched alkanes of at least 4 members (excludes halogenated alkanes) is 1. The van der Waals surface area contributed by atoms with Gasteiger partial charge in [-0.05, 0) is 12.8 Å². The van der Waals surface area contributed by atoms with Gasteiger partial charge in [0.25, 0.3) is 0 Å². The van der Waals surface area contributed by atoms with Gasteiger partial charge in [0.2, 0.25) is 0 Å².